The van der Waals surface area contributed by atoms with E-state index >= 15 is 0 Å². The zero-order chi connectivity index (χ0) is 12.7. The minimum absolute atomic E-state index is 0.00274. The normalized spacial score (nSPS) is 11.4. The van der Waals surface area contributed by atoms with Crippen molar-refractivity contribution in [3.63, 3.8) is 0 Å². The molecule has 4 nitrogen and oxygen atoms in total. The van der Waals surface area contributed by atoms with Crippen molar-refractivity contribution < 1.29 is 9.53 Å². The SMILES string of the molecule is CCC(C)C(=O)Nc1cccc(OCC#N)c1. The highest BCUT2D eigenvalue weighted by atomic mass is 16.5. The minimum Gasteiger partial charge on any atom is -0.479 e. The van der Waals surface area contributed by atoms with Gasteiger partial charge >= 0.3 is 0 Å². The van der Waals surface area contributed by atoms with Crippen LogP contribution in [-0.4, -0.2) is 12.5 Å². The maximum Gasteiger partial charge on any atom is 0.227 e. The molecule has 4 heteroatoms. The average molecular weight is 232 g/mol. The zero-order valence-corrected chi connectivity index (χ0v) is 10.1. The Kier molecular flexibility index (Phi) is 5.02. The summed E-state index contributed by atoms with van der Waals surface area (Å²) in [6, 6.07) is 8.91. The lowest BCUT2D eigenvalue weighted by molar-refractivity contribution is -0.119. The molecule has 0 aromatic heterocycles. The van der Waals surface area contributed by atoms with Gasteiger partial charge in [0.05, 0.1) is 0 Å². The van der Waals surface area contributed by atoms with Gasteiger partial charge in [-0.1, -0.05) is 19.9 Å². The second kappa shape index (κ2) is 6.54. The van der Waals surface area contributed by atoms with E-state index in [4.69, 9.17) is 10.00 Å². The van der Waals surface area contributed by atoms with Crippen LogP contribution in [0.4, 0.5) is 5.69 Å². The second-order valence-electron chi connectivity index (χ2n) is 3.77. The first kappa shape index (κ1) is 13.0. The summed E-state index contributed by atoms with van der Waals surface area (Å²) in [6.07, 6.45) is 0.802. The fourth-order valence-corrected chi connectivity index (χ4v) is 1.23. The van der Waals surface area contributed by atoms with Crippen LogP contribution in [0.25, 0.3) is 0 Å². The van der Waals surface area contributed by atoms with Crippen molar-refractivity contribution in [1.82, 2.24) is 0 Å². The van der Waals surface area contributed by atoms with Gasteiger partial charge in [-0.3, -0.25) is 4.79 Å². The second-order valence-corrected chi connectivity index (χ2v) is 3.77. The summed E-state index contributed by atoms with van der Waals surface area (Å²) < 4.78 is 5.15. The fourth-order valence-electron chi connectivity index (χ4n) is 1.23. The molecule has 1 atom stereocenters. The number of anilines is 1. The number of amides is 1. The molecule has 0 aliphatic heterocycles. The van der Waals surface area contributed by atoms with Crippen LogP contribution in [0, 0.1) is 17.2 Å². The van der Waals surface area contributed by atoms with E-state index in [9.17, 15) is 4.79 Å². The highest BCUT2D eigenvalue weighted by Crippen LogP contribution is 2.18. The van der Waals surface area contributed by atoms with Gasteiger partial charge in [-0.2, -0.15) is 5.26 Å². The van der Waals surface area contributed by atoms with Crippen molar-refractivity contribution in [2.45, 2.75) is 20.3 Å². The van der Waals surface area contributed by atoms with Crippen LogP contribution in [0.2, 0.25) is 0 Å². The van der Waals surface area contributed by atoms with Gasteiger partial charge in [-0.05, 0) is 18.6 Å². The van der Waals surface area contributed by atoms with E-state index in [-0.39, 0.29) is 18.4 Å². The molecule has 0 radical (unpaired) electrons. The van der Waals surface area contributed by atoms with E-state index in [0.29, 0.717) is 11.4 Å². The van der Waals surface area contributed by atoms with E-state index < -0.39 is 0 Å². The Labute approximate surface area is 101 Å². The maximum absolute atomic E-state index is 11.7. The molecule has 0 aliphatic rings. The number of rotatable bonds is 5. The summed E-state index contributed by atoms with van der Waals surface area (Å²) in [5.41, 5.74) is 0.686. The molecule has 0 bridgehead atoms. The Morgan fingerprint density at radius 2 is 2.35 bits per heavy atom. The number of ether oxygens (including phenoxy) is 1. The van der Waals surface area contributed by atoms with E-state index in [0.717, 1.165) is 6.42 Å². The van der Waals surface area contributed by atoms with Gasteiger partial charge in [0.2, 0.25) is 5.91 Å². The van der Waals surface area contributed by atoms with E-state index in [1.54, 1.807) is 24.3 Å². The molecule has 0 saturated carbocycles. The Balaban J connectivity index is 2.66. The summed E-state index contributed by atoms with van der Waals surface area (Å²) in [7, 11) is 0. The molecule has 0 fully saturated rings. The molecule has 1 N–H and O–H groups in total. The maximum atomic E-state index is 11.7. The Morgan fingerprint density at radius 1 is 1.59 bits per heavy atom. The topological polar surface area (TPSA) is 62.1 Å². The third kappa shape index (κ3) is 4.15. The first-order valence-corrected chi connectivity index (χ1v) is 5.58. The van der Waals surface area contributed by atoms with Crippen LogP contribution >= 0.6 is 0 Å². The van der Waals surface area contributed by atoms with Gasteiger partial charge in [0.25, 0.3) is 0 Å². The summed E-state index contributed by atoms with van der Waals surface area (Å²) in [5, 5.41) is 11.2. The third-order valence-electron chi connectivity index (χ3n) is 2.46. The van der Waals surface area contributed by atoms with Gasteiger partial charge in [0.15, 0.2) is 6.61 Å². The predicted octanol–water partition coefficient (Wildman–Crippen LogP) is 2.57. The molecule has 17 heavy (non-hydrogen) atoms. The van der Waals surface area contributed by atoms with Crippen LogP contribution in [-0.2, 0) is 4.79 Å². The summed E-state index contributed by atoms with van der Waals surface area (Å²) in [5.74, 6) is 0.553. The predicted molar refractivity (Wildman–Crippen MR) is 65.6 cm³/mol. The lowest BCUT2D eigenvalue weighted by atomic mass is 10.1. The Bertz CT molecular complexity index is 424. The fraction of sp³-hybridized carbons (Fsp3) is 0.385. The lowest BCUT2D eigenvalue weighted by Crippen LogP contribution is -2.19. The van der Waals surface area contributed by atoms with Gasteiger partial charge in [0.1, 0.15) is 11.8 Å². The molecular formula is C13H16N2O2. The zero-order valence-electron chi connectivity index (χ0n) is 10.1. The quantitative estimate of drug-likeness (QED) is 0.848. The van der Waals surface area contributed by atoms with Crippen molar-refractivity contribution in [2.24, 2.45) is 5.92 Å². The van der Waals surface area contributed by atoms with E-state index in [1.807, 2.05) is 19.9 Å². The number of nitrogens with one attached hydrogen (secondary N) is 1. The van der Waals surface area contributed by atoms with Crippen LogP contribution < -0.4 is 10.1 Å². The molecule has 0 spiro atoms. The van der Waals surface area contributed by atoms with E-state index in [1.165, 1.54) is 0 Å². The van der Waals surface area contributed by atoms with Crippen LogP contribution in [0.15, 0.2) is 24.3 Å². The van der Waals surface area contributed by atoms with Crippen LogP contribution in [0.5, 0.6) is 5.75 Å². The molecule has 1 aromatic rings. The number of benzene rings is 1. The van der Waals surface area contributed by atoms with Crippen molar-refractivity contribution in [3.05, 3.63) is 24.3 Å². The summed E-state index contributed by atoms with van der Waals surface area (Å²) in [4.78, 5) is 11.7. The Morgan fingerprint density at radius 3 is 3.00 bits per heavy atom. The molecule has 0 aliphatic carbocycles. The highest BCUT2D eigenvalue weighted by molar-refractivity contribution is 5.92. The number of nitrogens with zero attached hydrogens (tertiary/aromatic N) is 1. The first-order chi connectivity index (χ1) is 8.17. The number of hydrogen-bond acceptors (Lipinski definition) is 3. The molecule has 1 unspecified atom stereocenters. The molecule has 0 saturated heterocycles. The van der Waals surface area contributed by atoms with Crippen LogP contribution in [0.1, 0.15) is 20.3 Å². The van der Waals surface area contributed by atoms with E-state index in [2.05, 4.69) is 5.32 Å². The number of carbonyl (C=O) groups excluding carboxylic acids is 1. The molecule has 1 aromatic carbocycles. The third-order valence-corrected chi connectivity index (χ3v) is 2.46. The van der Waals surface area contributed by atoms with Gasteiger partial charge in [0, 0.05) is 17.7 Å². The number of nitriles is 1. The molecule has 0 heterocycles. The van der Waals surface area contributed by atoms with Crippen molar-refractivity contribution >= 4 is 11.6 Å². The van der Waals surface area contributed by atoms with Crippen molar-refractivity contribution in [3.8, 4) is 11.8 Å². The monoisotopic (exact) mass is 232 g/mol. The molecular weight excluding hydrogens is 216 g/mol. The molecule has 90 valence electrons. The van der Waals surface area contributed by atoms with Crippen molar-refractivity contribution in [1.29, 1.82) is 5.26 Å². The van der Waals surface area contributed by atoms with Crippen LogP contribution in [0.3, 0.4) is 0 Å². The smallest absolute Gasteiger partial charge is 0.227 e. The number of hydrogen-bond donors (Lipinski definition) is 1. The first-order valence-electron chi connectivity index (χ1n) is 5.58. The standard InChI is InChI=1S/C13H16N2O2/c1-3-10(2)13(16)15-11-5-4-6-12(9-11)17-8-7-14/h4-6,9-10H,3,8H2,1-2H3,(H,15,16). The minimum atomic E-state index is -0.0151. The highest BCUT2D eigenvalue weighted by Gasteiger charge is 2.10. The average Bonchev–Trinajstić information content (AvgIpc) is 2.35. The summed E-state index contributed by atoms with van der Waals surface area (Å²) in [6.45, 7) is 3.85. The number of carbonyl (C=O) groups is 1. The lowest BCUT2D eigenvalue weighted by Gasteiger charge is -2.10. The molecule has 1 amide bonds. The van der Waals surface area contributed by atoms with Crippen molar-refractivity contribution in [2.75, 3.05) is 11.9 Å². The summed E-state index contributed by atoms with van der Waals surface area (Å²) >= 11 is 0. The van der Waals surface area contributed by atoms with Gasteiger partial charge in [-0.25, -0.2) is 0 Å². The molecule has 1 rings (SSSR count). The van der Waals surface area contributed by atoms with Gasteiger partial charge in [-0.15, -0.1) is 0 Å². The largest absolute Gasteiger partial charge is 0.479 e. The van der Waals surface area contributed by atoms with Gasteiger partial charge < -0.3 is 10.1 Å². The Hall–Kier alpha value is -2.02.